The Kier molecular flexibility index (Phi) is 7.88. The zero-order valence-electron chi connectivity index (χ0n) is 21.4. The number of aliphatic carboxylic acids is 1. The Bertz CT molecular complexity index is 1050. The van der Waals surface area contributed by atoms with Gasteiger partial charge in [-0.3, -0.25) is 4.79 Å². The number of alkyl carbamates (subject to hydrolysis) is 1. The predicted octanol–water partition coefficient (Wildman–Crippen LogP) is 4.90. The van der Waals surface area contributed by atoms with Crippen LogP contribution < -0.4 is 5.32 Å². The number of benzene rings is 2. The van der Waals surface area contributed by atoms with Crippen LogP contribution in [-0.2, 0) is 14.3 Å². The van der Waals surface area contributed by atoms with E-state index in [2.05, 4.69) is 29.6 Å². The standard InChI is InChI=1S/C28H36N2O5/c1-7-23(25(31)32)30(6)26(33)28(4,5)24(17(2)3)29-27(34)35-16-22-20-14-10-8-12-18(20)19-13-9-11-15-21(19)22/h8-15,17,22-24H,7,16H2,1-6H3,(H,29,34)(H,31,32). The predicted molar refractivity (Wildman–Crippen MR) is 135 cm³/mol. The Balaban J connectivity index is 1.73. The SMILES string of the molecule is CCC(C(=O)O)N(C)C(=O)C(C)(C)C(NC(=O)OCC1c2ccccc2-c2ccccc21)C(C)C. The maximum absolute atomic E-state index is 13.3. The van der Waals surface area contributed by atoms with E-state index in [1.807, 2.05) is 38.1 Å². The van der Waals surface area contributed by atoms with Gasteiger partial charge in [0.25, 0.3) is 0 Å². The maximum atomic E-state index is 13.3. The third kappa shape index (κ3) is 5.19. The average molecular weight is 481 g/mol. The molecule has 1 aliphatic rings. The summed E-state index contributed by atoms with van der Waals surface area (Å²) in [5.74, 6) is -1.55. The van der Waals surface area contributed by atoms with Crippen molar-refractivity contribution in [3.05, 3.63) is 59.7 Å². The molecule has 0 fully saturated rings. The lowest BCUT2D eigenvalue weighted by Gasteiger charge is -2.40. The Hall–Kier alpha value is -3.35. The Morgan fingerprint density at radius 3 is 2.00 bits per heavy atom. The van der Waals surface area contributed by atoms with Gasteiger partial charge in [0, 0.05) is 19.0 Å². The second-order valence-electron chi connectivity index (χ2n) is 10.1. The van der Waals surface area contributed by atoms with Crippen molar-refractivity contribution in [1.29, 1.82) is 0 Å². The van der Waals surface area contributed by atoms with E-state index in [0.29, 0.717) is 6.42 Å². The quantitative estimate of drug-likeness (QED) is 0.532. The highest BCUT2D eigenvalue weighted by Crippen LogP contribution is 2.44. The summed E-state index contributed by atoms with van der Waals surface area (Å²) in [5, 5.41) is 12.4. The first-order valence-electron chi connectivity index (χ1n) is 12.1. The highest BCUT2D eigenvalue weighted by molar-refractivity contribution is 5.88. The van der Waals surface area contributed by atoms with Crippen molar-refractivity contribution in [3.8, 4) is 11.1 Å². The summed E-state index contributed by atoms with van der Waals surface area (Å²) in [5.41, 5.74) is 3.50. The summed E-state index contributed by atoms with van der Waals surface area (Å²) in [6, 6.07) is 14.8. The van der Waals surface area contributed by atoms with Crippen LogP contribution in [-0.4, -0.2) is 53.7 Å². The van der Waals surface area contributed by atoms with Gasteiger partial charge in [-0.15, -0.1) is 0 Å². The van der Waals surface area contributed by atoms with Crippen molar-refractivity contribution in [3.63, 3.8) is 0 Å². The van der Waals surface area contributed by atoms with E-state index in [0.717, 1.165) is 22.3 Å². The van der Waals surface area contributed by atoms with E-state index in [-0.39, 0.29) is 24.3 Å². The zero-order valence-corrected chi connectivity index (χ0v) is 21.4. The smallest absolute Gasteiger partial charge is 0.407 e. The van der Waals surface area contributed by atoms with Gasteiger partial charge in [-0.2, -0.15) is 0 Å². The van der Waals surface area contributed by atoms with Crippen LogP contribution in [0.15, 0.2) is 48.5 Å². The first-order chi connectivity index (χ1) is 16.5. The normalized spacial score (nSPS) is 14.6. The largest absolute Gasteiger partial charge is 0.480 e. The number of fused-ring (bicyclic) bond motifs is 3. The summed E-state index contributed by atoms with van der Waals surface area (Å²) < 4.78 is 5.69. The molecule has 2 N–H and O–H groups in total. The number of carbonyl (C=O) groups excluding carboxylic acids is 2. The van der Waals surface area contributed by atoms with E-state index in [1.54, 1.807) is 20.8 Å². The van der Waals surface area contributed by atoms with Crippen LogP contribution in [0.25, 0.3) is 11.1 Å². The van der Waals surface area contributed by atoms with Crippen molar-refractivity contribution in [1.82, 2.24) is 10.2 Å². The number of nitrogens with one attached hydrogen (secondary N) is 1. The summed E-state index contributed by atoms with van der Waals surface area (Å²) in [6.07, 6.45) is -0.306. The molecular formula is C28H36N2O5. The number of carboxylic acids is 1. The van der Waals surface area contributed by atoms with Gasteiger partial charge >= 0.3 is 12.1 Å². The highest BCUT2D eigenvalue weighted by Gasteiger charge is 2.43. The van der Waals surface area contributed by atoms with Gasteiger partial charge in [0.05, 0.1) is 5.41 Å². The minimum absolute atomic E-state index is 0.0627. The molecule has 1 aliphatic carbocycles. The molecule has 2 aromatic rings. The molecule has 2 unspecified atom stereocenters. The fraction of sp³-hybridized carbons (Fsp3) is 0.464. The summed E-state index contributed by atoms with van der Waals surface area (Å²) in [4.78, 5) is 39.1. The monoisotopic (exact) mass is 480 g/mol. The molecule has 7 heteroatoms. The minimum Gasteiger partial charge on any atom is -0.480 e. The van der Waals surface area contributed by atoms with Crippen LogP contribution in [0.4, 0.5) is 4.79 Å². The van der Waals surface area contributed by atoms with Crippen LogP contribution >= 0.6 is 0 Å². The number of ether oxygens (including phenoxy) is 1. The fourth-order valence-corrected chi connectivity index (χ4v) is 5.29. The van der Waals surface area contributed by atoms with Gasteiger partial charge in [0.1, 0.15) is 12.6 Å². The molecule has 0 saturated carbocycles. The number of amides is 2. The molecule has 3 rings (SSSR count). The third-order valence-electron chi connectivity index (χ3n) is 7.07. The molecular weight excluding hydrogens is 444 g/mol. The minimum atomic E-state index is -1.05. The molecule has 0 saturated heterocycles. The van der Waals surface area contributed by atoms with Crippen LogP contribution in [0.2, 0.25) is 0 Å². The van der Waals surface area contributed by atoms with Gasteiger partial charge in [0.15, 0.2) is 0 Å². The van der Waals surface area contributed by atoms with E-state index in [1.165, 1.54) is 11.9 Å². The van der Waals surface area contributed by atoms with Crippen molar-refractivity contribution in [2.24, 2.45) is 11.3 Å². The number of hydrogen-bond acceptors (Lipinski definition) is 4. The number of rotatable bonds is 9. The second kappa shape index (κ2) is 10.5. The van der Waals surface area contributed by atoms with Crippen LogP contribution in [0.3, 0.4) is 0 Å². The van der Waals surface area contributed by atoms with Crippen molar-refractivity contribution >= 4 is 18.0 Å². The first-order valence-corrected chi connectivity index (χ1v) is 12.1. The lowest BCUT2D eigenvalue weighted by atomic mass is 9.77. The second-order valence-corrected chi connectivity index (χ2v) is 10.1. The Labute approximate surface area is 207 Å². The molecule has 2 atom stereocenters. The third-order valence-corrected chi connectivity index (χ3v) is 7.07. The van der Waals surface area contributed by atoms with Crippen molar-refractivity contribution in [2.45, 2.75) is 59.0 Å². The molecule has 0 aromatic heterocycles. The molecule has 0 bridgehead atoms. The summed E-state index contributed by atoms with van der Waals surface area (Å²) in [6.45, 7) is 9.19. The number of carboxylic acid groups (broad SMARTS) is 1. The summed E-state index contributed by atoms with van der Waals surface area (Å²) >= 11 is 0. The van der Waals surface area contributed by atoms with Crippen LogP contribution in [0, 0.1) is 11.3 Å². The Morgan fingerprint density at radius 1 is 1.03 bits per heavy atom. The van der Waals surface area contributed by atoms with E-state index in [9.17, 15) is 19.5 Å². The zero-order chi connectivity index (χ0) is 25.9. The fourth-order valence-electron chi connectivity index (χ4n) is 5.29. The molecule has 35 heavy (non-hydrogen) atoms. The highest BCUT2D eigenvalue weighted by atomic mass is 16.5. The van der Waals surface area contributed by atoms with Gasteiger partial charge < -0.3 is 20.1 Å². The maximum Gasteiger partial charge on any atom is 0.407 e. The number of hydrogen-bond donors (Lipinski definition) is 2. The van der Waals surface area contributed by atoms with E-state index in [4.69, 9.17) is 4.74 Å². The lowest BCUT2D eigenvalue weighted by Crippen LogP contribution is -2.57. The average Bonchev–Trinajstić information content (AvgIpc) is 3.14. The van der Waals surface area contributed by atoms with Gasteiger partial charge in [-0.1, -0.05) is 69.3 Å². The van der Waals surface area contributed by atoms with E-state index < -0.39 is 29.6 Å². The van der Waals surface area contributed by atoms with Gasteiger partial charge in [-0.05, 0) is 48.4 Å². The molecule has 0 radical (unpaired) electrons. The van der Waals surface area contributed by atoms with Crippen LogP contribution in [0.5, 0.6) is 0 Å². The molecule has 0 heterocycles. The van der Waals surface area contributed by atoms with E-state index >= 15 is 0 Å². The molecule has 7 nitrogen and oxygen atoms in total. The van der Waals surface area contributed by atoms with Gasteiger partial charge in [0.2, 0.25) is 5.91 Å². The molecule has 0 spiro atoms. The topological polar surface area (TPSA) is 95.9 Å². The molecule has 0 aliphatic heterocycles. The molecule has 188 valence electrons. The van der Waals surface area contributed by atoms with Crippen molar-refractivity contribution < 1.29 is 24.2 Å². The number of nitrogens with zero attached hydrogens (tertiary/aromatic N) is 1. The molecule has 2 amide bonds. The van der Waals surface area contributed by atoms with Crippen molar-refractivity contribution in [2.75, 3.05) is 13.7 Å². The summed E-state index contributed by atoms with van der Waals surface area (Å²) in [7, 11) is 1.50. The van der Waals surface area contributed by atoms with Crippen LogP contribution in [0.1, 0.15) is 58.1 Å². The Morgan fingerprint density at radius 2 is 1.54 bits per heavy atom. The van der Waals surface area contributed by atoms with Gasteiger partial charge in [-0.25, -0.2) is 9.59 Å². The lowest BCUT2D eigenvalue weighted by molar-refractivity contribution is -0.154. The first kappa shape index (κ1) is 26.3. The number of likely N-dealkylation sites (N-methyl/N-ethyl adjacent to an activating group) is 1. The molecule has 2 aromatic carbocycles. The number of carbonyl (C=O) groups is 3.